The molecule has 0 spiro atoms. The molecule has 0 saturated carbocycles. The van der Waals surface area contributed by atoms with Gasteiger partial charge in [-0.1, -0.05) is 47.1 Å². The zero-order valence-electron chi connectivity index (χ0n) is 21.9. The third-order valence-corrected chi connectivity index (χ3v) is 8.02. The van der Waals surface area contributed by atoms with Crippen molar-refractivity contribution in [2.24, 2.45) is 0 Å². The molecular formula is C28H23ClF3N5O3S. The molecule has 0 fully saturated rings. The van der Waals surface area contributed by atoms with E-state index in [0.29, 0.717) is 28.3 Å². The van der Waals surface area contributed by atoms with Crippen molar-refractivity contribution in [2.75, 3.05) is 6.26 Å². The van der Waals surface area contributed by atoms with Crippen LogP contribution in [0.4, 0.5) is 13.2 Å². The van der Waals surface area contributed by atoms with Crippen LogP contribution < -0.4 is 0 Å². The molecule has 0 radical (unpaired) electrons. The normalized spacial score (nSPS) is 13.8. The fourth-order valence-electron chi connectivity index (χ4n) is 4.65. The predicted molar refractivity (Wildman–Crippen MR) is 147 cm³/mol. The number of aromatic nitrogens is 5. The lowest BCUT2D eigenvalue weighted by Crippen LogP contribution is -2.45. The summed E-state index contributed by atoms with van der Waals surface area (Å²) >= 11 is 5.91. The Kier molecular flexibility index (Phi) is 7.04. The molecule has 0 aliphatic carbocycles. The second-order valence-electron chi connectivity index (χ2n) is 9.55. The molecule has 1 unspecified atom stereocenters. The van der Waals surface area contributed by atoms with Gasteiger partial charge in [-0.05, 0) is 66.9 Å². The van der Waals surface area contributed by atoms with E-state index in [2.05, 4.69) is 15.3 Å². The van der Waals surface area contributed by atoms with Crippen LogP contribution in [-0.4, -0.2) is 50.5 Å². The summed E-state index contributed by atoms with van der Waals surface area (Å²) in [5.41, 5.74) is -2.45. The predicted octanol–water partition coefficient (Wildman–Crippen LogP) is 5.59. The molecule has 0 amide bonds. The number of aliphatic hydroxyl groups is 1. The van der Waals surface area contributed by atoms with Crippen LogP contribution in [0.2, 0.25) is 5.02 Å². The molecule has 2 aromatic heterocycles. The minimum Gasteiger partial charge on any atom is -0.371 e. The van der Waals surface area contributed by atoms with Crippen molar-refractivity contribution in [3.63, 3.8) is 0 Å². The Labute approximate surface area is 238 Å². The van der Waals surface area contributed by atoms with E-state index < -0.39 is 32.9 Å². The Hall–Kier alpha value is -4.00. The van der Waals surface area contributed by atoms with Crippen molar-refractivity contribution in [1.29, 1.82) is 0 Å². The third kappa shape index (κ3) is 5.14. The number of hydrogen-bond acceptors (Lipinski definition) is 6. The molecule has 2 heterocycles. The second kappa shape index (κ2) is 10.1. The molecule has 5 aromatic rings. The summed E-state index contributed by atoms with van der Waals surface area (Å²) in [7, 11) is -3.52. The van der Waals surface area contributed by atoms with Crippen LogP contribution in [0.25, 0.3) is 22.5 Å². The maximum Gasteiger partial charge on any atom is 0.427 e. The summed E-state index contributed by atoms with van der Waals surface area (Å²) in [5, 5.41) is 19.3. The van der Waals surface area contributed by atoms with Crippen molar-refractivity contribution < 1.29 is 26.7 Å². The molecular weight excluding hydrogens is 579 g/mol. The van der Waals surface area contributed by atoms with E-state index in [9.17, 15) is 26.7 Å². The van der Waals surface area contributed by atoms with E-state index in [1.807, 2.05) is 0 Å². The zero-order valence-corrected chi connectivity index (χ0v) is 23.5. The topological polar surface area (TPSA) is 103 Å². The summed E-state index contributed by atoms with van der Waals surface area (Å²) < 4.78 is 71.1. The smallest absolute Gasteiger partial charge is 0.371 e. The number of aryl methyl sites for hydroxylation is 2. The zero-order chi connectivity index (χ0) is 29.7. The summed E-state index contributed by atoms with van der Waals surface area (Å²) in [6, 6.07) is 15.8. The number of imidazole rings is 1. The number of hydrogen-bond donors (Lipinski definition) is 1. The van der Waals surface area contributed by atoms with Gasteiger partial charge in [-0.2, -0.15) is 13.2 Å². The molecule has 0 bridgehead atoms. The largest absolute Gasteiger partial charge is 0.427 e. The number of rotatable bonds is 6. The van der Waals surface area contributed by atoms with Crippen LogP contribution in [-0.2, 0) is 15.4 Å². The summed E-state index contributed by atoms with van der Waals surface area (Å²) in [5.74, 6) is 0.557. The van der Waals surface area contributed by atoms with Crippen LogP contribution in [0.3, 0.4) is 0 Å². The Bertz CT molecular complexity index is 1870. The standard InChI is InChI=1S/C28H23ClF3N5O3S/c1-17-16-36(18(2)34-17)24-12-7-20(19-5-4-6-23(13-19)41(3,39)40)14-25(24)37-26(15-33-35-37)27(38,28(30,31)32)21-8-10-22(29)11-9-21/h4-16,38H,1-3H3. The first kappa shape index (κ1) is 28.5. The fourth-order valence-corrected chi connectivity index (χ4v) is 5.45. The van der Waals surface area contributed by atoms with Gasteiger partial charge in [-0.15, -0.1) is 5.10 Å². The van der Waals surface area contributed by atoms with Gasteiger partial charge < -0.3 is 9.67 Å². The van der Waals surface area contributed by atoms with Gasteiger partial charge in [0.15, 0.2) is 9.84 Å². The Morgan fingerprint density at radius 1 is 0.927 bits per heavy atom. The van der Waals surface area contributed by atoms with E-state index in [1.54, 1.807) is 54.9 Å². The van der Waals surface area contributed by atoms with Crippen molar-refractivity contribution >= 4 is 21.4 Å². The quantitative estimate of drug-likeness (QED) is 0.272. The molecule has 1 atom stereocenters. The highest BCUT2D eigenvalue weighted by molar-refractivity contribution is 7.90. The summed E-state index contributed by atoms with van der Waals surface area (Å²) in [6.07, 6.45) is -1.52. The van der Waals surface area contributed by atoms with Crippen LogP contribution in [0.5, 0.6) is 0 Å². The lowest BCUT2D eigenvalue weighted by atomic mass is 9.89. The van der Waals surface area contributed by atoms with E-state index in [0.717, 1.165) is 29.3 Å². The average molecular weight is 602 g/mol. The average Bonchev–Trinajstić information content (AvgIpc) is 3.53. The number of halogens is 4. The van der Waals surface area contributed by atoms with Crippen molar-refractivity contribution in [2.45, 2.75) is 30.5 Å². The number of nitrogens with zero attached hydrogens (tertiary/aromatic N) is 5. The lowest BCUT2D eigenvalue weighted by Gasteiger charge is -2.31. The Balaban J connectivity index is 1.79. The van der Waals surface area contributed by atoms with Gasteiger partial charge in [0.2, 0.25) is 5.60 Å². The highest BCUT2D eigenvalue weighted by Gasteiger charge is 2.58. The molecule has 0 saturated heterocycles. The molecule has 5 rings (SSSR count). The summed E-state index contributed by atoms with van der Waals surface area (Å²) in [4.78, 5) is 4.49. The van der Waals surface area contributed by atoms with Gasteiger partial charge in [0.25, 0.3) is 0 Å². The Morgan fingerprint density at radius 2 is 1.61 bits per heavy atom. The third-order valence-electron chi connectivity index (χ3n) is 6.65. The second-order valence-corrected chi connectivity index (χ2v) is 12.0. The van der Waals surface area contributed by atoms with Crippen molar-refractivity contribution in [3.8, 4) is 22.5 Å². The van der Waals surface area contributed by atoms with E-state index >= 15 is 0 Å². The van der Waals surface area contributed by atoms with E-state index in [1.165, 1.54) is 24.3 Å². The number of sulfone groups is 1. The van der Waals surface area contributed by atoms with Gasteiger partial charge >= 0.3 is 6.18 Å². The first-order valence-electron chi connectivity index (χ1n) is 12.1. The fraction of sp³-hybridized carbons (Fsp3) is 0.179. The monoisotopic (exact) mass is 601 g/mol. The molecule has 3 aromatic carbocycles. The minimum absolute atomic E-state index is 0.0809. The number of alkyl halides is 3. The van der Waals surface area contributed by atoms with Gasteiger partial charge in [0.05, 0.1) is 28.2 Å². The first-order valence-corrected chi connectivity index (χ1v) is 14.4. The lowest BCUT2D eigenvalue weighted by molar-refractivity contribution is -0.250. The van der Waals surface area contributed by atoms with Gasteiger partial charge in [-0.25, -0.2) is 18.1 Å². The molecule has 1 N–H and O–H groups in total. The van der Waals surface area contributed by atoms with Crippen LogP contribution in [0.15, 0.2) is 84.0 Å². The first-order chi connectivity index (χ1) is 19.2. The molecule has 13 heteroatoms. The molecule has 0 aliphatic heterocycles. The van der Waals surface area contributed by atoms with Crippen LogP contribution in [0, 0.1) is 13.8 Å². The van der Waals surface area contributed by atoms with Crippen molar-refractivity contribution in [3.05, 3.63) is 107 Å². The summed E-state index contributed by atoms with van der Waals surface area (Å²) in [6.45, 7) is 3.51. The minimum atomic E-state index is -5.18. The Morgan fingerprint density at radius 3 is 2.22 bits per heavy atom. The molecule has 0 aliphatic rings. The SMILES string of the molecule is Cc1cn(-c2ccc(-c3cccc(S(C)(=O)=O)c3)cc2-n2nncc2C(O)(c2ccc(Cl)cc2)C(F)(F)F)c(C)n1. The maximum atomic E-state index is 14.7. The van der Waals surface area contributed by atoms with E-state index in [-0.39, 0.29) is 15.6 Å². The molecule has 41 heavy (non-hydrogen) atoms. The van der Waals surface area contributed by atoms with Crippen LogP contribution in [0.1, 0.15) is 22.8 Å². The van der Waals surface area contributed by atoms with Gasteiger partial charge in [0.1, 0.15) is 11.5 Å². The molecule has 212 valence electrons. The highest BCUT2D eigenvalue weighted by Crippen LogP contribution is 2.45. The van der Waals surface area contributed by atoms with Gasteiger partial charge in [-0.3, -0.25) is 0 Å². The van der Waals surface area contributed by atoms with Gasteiger partial charge in [0, 0.05) is 17.5 Å². The molecule has 8 nitrogen and oxygen atoms in total. The number of benzene rings is 3. The highest BCUT2D eigenvalue weighted by atomic mass is 35.5. The maximum absolute atomic E-state index is 14.7. The van der Waals surface area contributed by atoms with Crippen LogP contribution >= 0.6 is 11.6 Å². The van der Waals surface area contributed by atoms with Crippen molar-refractivity contribution in [1.82, 2.24) is 24.5 Å². The van der Waals surface area contributed by atoms with E-state index in [4.69, 9.17) is 11.6 Å².